The van der Waals surface area contributed by atoms with Gasteiger partial charge < -0.3 is 14.6 Å². The molecule has 0 rings (SSSR count). The van der Waals surface area contributed by atoms with Gasteiger partial charge in [-0.05, 0) is 13.3 Å². The summed E-state index contributed by atoms with van der Waals surface area (Å²) in [4.78, 5) is 10.2. The van der Waals surface area contributed by atoms with Gasteiger partial charge in [0.25, 0.3) is 0 Å². The lowest BCUT2D eigenvalue weighted by atomic mass is 10.2. The van der Waals surface area contributed by atoms with Crippen molar-refractivity contribution in [3.63, 3.8) is 0 Å². The highest BCUT2D eigenvalue weighted by molar-refractivity contribution is 5.57. The SMILES string of the molecule is CCCC(COCC)OC(=O)O. The number of hydrogen-bond donors (Lipinski definition) is 1. The molecule has 0 aromatic carbocycles. The summed E-state index contributed by atoms with van der Waals surface area (Å²) in [6.07, 6.45) is 0.0673. The van der Waals surface area contributed by atoms with Crippen molar-refractivity contribution in [1.82, 2.24) is 0 Å². The molecule has 1 unspecified atom stereocenters. The average molecular weight is 176 g/mol. The topological polar surface area (TPSA) is 55.8 Å². The van der Waals surface area contributed by atoms with E-state index in [1.54, 1.807) is 0 Å². The van der Waals surface area contributed by atoms with Crippen LogP contribution in [0.1, 0.15) is 26.7 Å². The third-order valence-corrected chi connectivity index (χ3v) is 1.39. The zero-order valence-corrected chi connectivity index (χ0v) is 7.58. The summed E-state index contributed by atoms with van der Waals surface area (Å²) in [6.45, 7) is 4.79. The molecule has 0 heterocycles. The molecular weight excluding hydrogens is 160 g/mol. The zero-order chi connectivity index (χ0) is 9.40. The van der Waals surface area contributed by atoms with Crippen molar-refractivity contribution in [3.8, 4) is 0 Å². The highest BCUT2D eigenvalue weighted by atomic mass is 16.7. The van der Waals surface area contributed by atoms with Crippen molar-refractivity contribution in [1.29, 1.82) is 0 Å². The molecule has 72 valence electrons. The van der Waals surface area contributed by atoms with Gasteiger partial charge in [-0.25, -0.2) is 4.79 Å². The third-order valence-electron chi connectivity index (χ3n) is 1.39. The lowest BCUT2D eigenvalue weighted by Crippen LogP contribution is -2.22. The number of rotatable bonds is 6. The Morgan fingerprint density at radius 1 is 1.50 bits per heavy atom. The monoisotopic (exact) mass is 176 g/mol. The first-order chi connectivity index (χ1) is 5.70. The lowest BCUT2D eigenvalue weighted by Gasteiger charge is -2.14. The molecule has 0 amide bonds. The van der Waals surface area contributed by atoms with E-state index in [0.717, 1.165) is 6.42 Å². The normalized spacial score (nSPS) is 12.5. The van der Waals surface area contributed by atoms with E-state index >= 15 is 0 Å². The van der Waals surface area contributed by atoms with Crippen LogP contribution in [-0.2, 0) is 9.47 Å². The molecule has 0 aliphatic carbocycles. The second kappa shape index (κ2) is 6.91. The Balaban J connectivity index is 3.61. The maximum Gasteiger partial charge on any atom is 0.506 e. The van der Waals surface area contributed by atoms with E-state index in [9.17, 15) is 4.79 Å². The van der Waals surface area contributed by atoms with E-state index < -0.39 is 6.16 Å². The standard InChI is InChI=1S/C8H16O4/c1-3-5-7(6-11-4-2)12-8(9)10/h7H,3-6H2,1-2H3,(H,9,10). The van der Waals surface area contributed by atoms with Crippen LogP contribution in [0.15, 0.2) is 0 Å². The van der Waals surface area contributed by atoms with E-state index in [0.29, 0.717) is 19.6 Å². The van der Waals surface area contributed by atoms with E-state index in [4.69, 9.17) is 9.84 Å². The van der Waals surface area contributed by atoms with Crippen LogP contribution in [0.5, 0.6) is 0 Å². The summed E-state index contributed by atoms with van der Waals surface area (Å²) >= 11 is 0. The largest absolute Gasteiger partial charge is 0.506 e. The minimum absolute atomic E-state index is 0.313. The van der Waals surface area contributed by atoms with Crippen LogP contribution < -0.4 is 0 Å². The Bertz CT molecular complexity index is 124. The predicted molar refractivity (Wildman–Crippen MR) is 44.3 cm³/mol. The van der Waals surface area contributed by atoms with Crippen molar-refractivity contribution in [2.45, 2.75) is 32.8 Å². The Kier molecular flexibility index (Phi) is 6.47. The lowest BCUT2D eigenvalue weighted by molar-refractivity contribution is -0.00240. The van der Waals surface area contributed by atoms with Gasteiger partial charge in [0.05, 0.1) is 6.61 Å². The Labute approximate surface area is 72.5 Å². The van der Waals surface area contributed by atoms with Gasteiger partial charge in [0.15, 0.2) is 0 Å². The molecule has 0 saturated carbocycles. The quantitative estimate of drug-likeness (QED) is 0.628. The summed E-state index contributed by atoms with van der Waals surface area (Å²) < 4.78 is 9.65. The first-order valence-electron chi connectivity index (χ1n) is 4.18. The molecule has 1 N–H and O–H groups in total. The molecular formula is C8H16O4. The molecule has 0 aromatic rings. The summed E-state index contributed by atoms with van der Waals surface area (Å²) in [5.41, 5.74) is 0. The van der Waals surface area contributed by atoms with Gasteiger partial charge in [-0.3, -0.25) is 0 Å². The summed E-state index contributed by atoms with van der Waals surface area (Å²) in [7, 11) is 0. The van der Waals surface area contributed by atoms with Crippen LogP contribution in [0.2, 0.25) is 0 Å². The van der Waals surface area contributed by atoms with Gasteiger partial charge in [-0.1, -0.05) is 13.3 Å². The summed E-state index contributed by atoms with van der Waals surface area (Å²) in [6, 6.07) is 0. The Morgan fingerprint density at radius 3 is 2.58 bits per heavy atom. The van der Waals surface area contributed by atoms with Crippen LogP contribution in [0.4, 0.5) is 4.79 Å². The fourth-order valence-corrected chi connectivity index (χ4v) is 0.890. The maximum atomic E-state index is 10.2. The van der Waals surface area contributed by atoms with Crippen molar-refractivity contribution >= 4 is 6.16 Å². The smallest absolute Gasteiger partial charge is 0.450 e. The van der Waals surface area contributed by atoms with Gasteiger partial charge in [-0.15, -0.1) is 0 Å². The van der Waals surface area contributed by atoms with Gasteiger partial charge in [-0.2, -0.15) is 0 Å². The first kappa shape index (κ1) is 11.2. The molecule has 0 aliphatic rings. The van der Waals surface area contributed by atoms with Crippen LogP contribution >= 0.6 is 0 Å². The minimum Gasteiger partial charge on any atom is -0.450 e. The molecule has 0 aliphatic heterocycles. The predicted octanol–water partition coefficient (Wildman–Crippen LogP) is 1.89. The zero-order valence-electron chi connectivity index (χ0n) is 7.58. The Morgan fingerprint density at radius 2 is 2.17 bits per heavy atom. The second-order valence-corrected chi connectivity index (χ2v) is 2.45. The molecule has 12 heavy (non-hydrogen) atoms. The number of ether oxygens (including phenoxy) is 2. The fraction of sp³-hybridized carbons (Fsp3) is 0.875. The third kappa shape index (κ3) is 5.97. The van der Waals surface area contributed by atoms with E-state index in [-0.39, 0.29) is 6.10 Å². The summed E-state index contributed by atoms with van der Waals surface area (Å²) in [5.74, 6) is 0. The molecule has 0 spiro atoms. The van der Waals surface area contributed by atoms with Crippen molar-refractivity contribution < 1.29 is 19.4 Å². The van der Waals surface area contributed by atoms with Crippen LogP contribution in [0, 0.1) is 0 Å². The molecule has 0 bridgehead atoms. The molecule has 0 fully saturated rings. The highest BCUT2D eigenvalue weighted by Gasteiger charge is 2.11. The number of carboxylic acid groups (broad SMARTS) is 1. The van der Waals surface area contributed by atoms with Gasteiger partial charge >= 0.3 is 6.16 Å². The average Bonchev–Trinajstić information content (AvgIpc) is 2.00. The Hall–Kier alpha value is -0.770. The maximum absolute atomic E-state index is 10.2. The molecule has 4 heteroatoms. The van der Waals surface area contributed by atoms with Crippen molar-refractivity contribution in [2.24, 2.45) is 0 Å². The van der Waals surface area contributed by atoms with Crippen LogP contribution in [0.25, 0.3) is 0 Å². The van der Waals surface area contributed by atoms with Crippen LogP contribution in [0.3, 0.4) is 0 Å². The van der Waals surface area contributed by atoms with E-state index in [2.05, 4.69) is 4.74 Å². The highest BCUT2D eigenvalue weighted by Crippen LogP contribution is 2.03. The van der Waals surface area contributed by atoms with Crippen molar-refractivity contribution in [3.05, 3.63) is 0 Å². The van der Waals surface area contributed by atoms with Gasteiger partial charge in [0.2, 0.25) is 0 Å². The fourth-order valence-electron chi connectivity index (χ4n) is 0.890. The molecule has 0 aromatic heterocycles. The van der Waals surface area contributed by atoms with Gasteiger partial charge in [0.1, 0.15) is 6.10 Å². The van der Waals surface area contributed by atoms with Gasteiger partial charge in [0, 0.05) is 6.61 Å². The summed E-state index contributed by atoms with van der Waals surface area (Å²) in [5, 5.41) is 8.33. The molecule has 0 saturated heterocycles. The van der Waals surface area contributed by atoms with Crippen LogP contribution in [-0.4, -0.2) is 30.6 Å². The second-order valence-electron chi connectivity index (χ2n) is 2.45. The van der Waals surface area contributed by atoms with Crippen molar-refractivity contribution in [2.75, 3.05) is 13.2 Å². The van der Waals surface area contributed by atoms with E-state index in [1.807, 2.05) is 13.8 Å². The van der Waals surface area contributed by atoms with E-state index in [1.165, 1.54) is 0 Å². The number of carbonyl (C=O) groups is 1. The minimum atomic E-state index is -1.23. The number of hydrogen-bond acceptors (Lipinski definition) is 3. The molecule has 4 nitrogen and oxygen atoms in total. The molecule has 1 atom stereocenters. The molecule has 0 radical (unpaired) electrons. The first-order valence-corrected chi connectivity index (χ1v) is 4.18.